The number of halogens is 3. The molecule has 0 radical (unpaired) electrons. The summed E-state index contributed by atoms with van der Waals surface area (Å²) in [5, 5.41) is 49.8. The summed E-state index contributed by atoms with van der Waals surface area (Å²) < 4.78 is 65.3. The molecule has 0 saturated heterocycles. The van der Waals surface area contributed by atoms with Crippen molar-refractivity contribution in [2.45, 2.75) is 111 Å². The number of pyridine rings is 1. The first-order valence-corrected chi connectivity index (χ1v) is 40.5. The number of benzene rings is 10. The van der Waals surface area contributed by atoms with Gasteiger partial charge in [0.05, 0.1) is 100 Å². The van der Waals surface area contributed by atoms with Crippen LogP contribution in [0.5, 0.6) is 23.0 Å². The second-order valence-electron chi connectivity index (χ2n) is 31.2. The number of nitrogens with one attached hydrogen (secondary N) is 4. The third-order valence-electron chi connectivity index (χ3n) is 21.0. The molecule has 5 N–H and O–H groups in total. The zero-order chi connectivity index (χ0) is 86.6. The number of aliphatic hydroxyl groups is 1. The molecule has 15 aromatic rings. The van der Waals surface area contributed by atoms with E-state index >= 15 is 0 Å². The van der Waals surface area contributed by atoms with Crippen LogP contribution in [0, 0.1) is 35.7 Å². The van der Waals surface area contributed by atoms with Crippen molar-refractivity contribution in [2.24, 2.45) is 0 Å². The predicted molar refractivity (Wildman–Crippen MR) is 466 cm³/mol. The number of aromatic nitrogens is 9. The van der Waals surface area contributed by atoms with Crippen molar-refractivity contribution in [1.29, 1.82) is 5.26 Å². The van der Waals surface area contributed by atoms with Gasteiger partial charge in [0.25, 0.3) is 23.6 Å². The van der Waals surface area contributed by atoms with Crippen molar-refractivity contribution in [3.05, 3.63) is 304 Å². The third kappa shape index (κ3) is 20.5. The lowest BCUT2D eigenvalue weighted by molar-refractivity contribution is 0.0776. The molecular formula is C97H93F3N14O9. The SMILES string of the molecule is CCOc1cc(C(=O)N(C)Cc2cccc3cn[nH]c23)ccc1CC(C)(C)O.CCOc1cc(C(=O)N(C)Cc2cnc(C)c3cn[nH]c23)ccc1-c1cccc(F)c1.CN(Cc1ccc(F)c2cn[nH]c12)C(=O)c1ccc(-c2cccc(C#N)c2)c(OC2CC2)c1.CN(Cc1ccc(F)c2cn[nH]c12)C(=O)c1ccc(-c2ccccc2)c(OC2CC2)c1. The van der Waals surface area contributed by atoms with Gasteiger partial charge in [0.1, 0.15) is 40.4 Å². The summed E-state index contributed by atoms with van der Waals surface area (Å²) in [6, 6.07) is 59.5. The molecule has 5 aromatic heterocycles. The van der Waals surface area contributed by atoms with Gasteiger partial charge in [-0.25, -0.2) is 13.2 Å². The number of rotatable bonds is 25. The first-order valence-electron chi connectivity index (χ1n) is 40.5. The highest BCUT2D eigenvalue weighted by atomic mass is 19.1. The Bertz CT molecular complexity index is 6400. The number of carbonyl (C=O) groups excluding carboxylic acids is 4. The number of aryl methyl sites for hydroxylation is 1. The monoisotopic (exact) mass is 1650 g/mol. The molecule has 5 heterocycles. The third-order valence-corrected chi connectivity index (χ3v) is 21.0. The van der Waals surface area contributed by atoms with Gasteiger partial charge in [-0.2, -0.15) is 25.7 Å². The van der Waals surface area contributed by atoms with E-state index in [4.69, 9.17) is 18.9 Å². The van der Waals surface area contributed by atoms with Gasteiger partial charge in [0, 0.05) is 128 Å². The van der Waals surface area contributed by atoms with Crippen LogP contribution >= 0.6 is 0 Å². The second-order valence-corrected chi connectivity index (χ2v) is 31.2. The van der Waals surface area contributed by atoms with Gasteiger partial charge in [0.2, 0.25) is 0 Å². The van der Waals surface area contributed by atoms with Crippen LogP contribution in [0.15, 0.2) is 225 Å². The molecule has 626 valence electrons. The van der Waals surface area contributed by atoms with Crippen molar-refractivity contribution in [3.63, 3.8) is 0 Å². The normalized spacial score (nSPS) is 12.3. The van der Waals surface area contributed by atoms with Crippen molar-refractivity contribution in [2.75, 3.05) is 41.4 Å². The number of hydrogen-bond donors (Lipinski definition) is 5. The molecule has 26 heteroatoms. The Labute approximate surface area is 709 Å². The average molecular weight is 1660 g/mol. The molecule has 0 bridgehead atoms. The van der Waals surface area contributed by atoms with E-state index in [1.807, 2.05) is 124 Å². The standard InChI is InChI=1S/C26H21FN4O2.C25H22FN3O2.C24H23FN4O2.C22H27N3O3/c1-31(15-19-6-10-23(27)22-14-29-30-25(19)22)26(32)18-5-9-21(24(12-18)33-20-7-8-20)17-4-2-3-16(11-17)13-28;1-29(15-18-8-12-22(26)21-14-27-28-24(18)21)25(30)17-7-11-20(16-5-3-2-4-6-16)23(13-17)31-19-9-10-19;1-4-31-22-11-17(8-9-20(22)16-6-5-7-19(25)10-16)24(30)29(3)14-18-12-26-15(2)21-13-27-28-23(18)21;1-5-28-19-11-15(9-10-16(19)12-22(2,3)27)21(26)25(4)14-18-8-6-7-17-13-23-24-20(17)18/h2-6,9-12,14,20H,7-8,15H2,1H3,(H,29,30);2-8,11-14,19H,9-10,15H2,1H3,(H,27,28);5-13H,4,14H2,1-3H3,(H,27,28);6-11,13,27H,5,12,14H2,1-4H3,(H,23,24). The number of ether oxygens (including phenoxy) is 4. The lowest BCUT2D eigenvalue weighted by Crippen LogP contribution is -2.27. The number of para-hydroxylation sites is 1. The number of carbonyl (C=O) groups is 4. The van der Waals surface area contributed by atoms with Gasteiger partial charge < -0.3 is 43.7 Å². The van der Waals surface area contributed by atoms with Gasteiger partial charge in [-0.05, 0) is 202 Å². The Morgan fingerprint density at radius 2 is 0.862 bits per heavy atom. The van der Waals surface area contributed by atoms with Crippen LogP contribution in [0.25, 0.3) is 77.0 Å². The highest BCUT2D eigenvalue weighted by Crippen LogP contribution is 2.40. The van der Waals surface area contributed by atoms with E-state index in [2.05, 4.69) is 51.8 Å². The molecule has 0 aliphatic heterocycles. The molecule has 0 unspecified atom stereocenters. The van der Waals surface area contributed by atoms with Gasteiger partial charge in [-0.3, -0.25) is 44.6 Å². The molecule has 2 aliphatic rings. The first-order chi connectivity index (χ1) is 59.4. The summed E-state index contributed by atoms with van der Waals surface area (Å²) in [6.45, 7) is 11.6. The Hall–Kier alpha value is -14.5. The molecular weight excluding hydrogens is 1560 g/mol. The van der Waals surface area contributed by atoms with Crippen LogP contribution in [0.2, 0.25) is 0 Å². The highest BCUT2D eigenvalue weighted by molar-refractivity contribution is 5.99. The lowest BCUT2D eigenvalue weighted by Gasteiger charge is -2.21. The van der Waals surface area contributed by atoms with E-state index < -0.39 is 5.60 Å². The van der Waals surface area contributed by atoms with Crippen LogP contribution in [0.1, 0.15) is 134 Å². The lowest BCUT2D eigenvalue weighted by atomic mass is 9.96. The molecule has 123 heavy (non-hydrogen) atoms. The molecule has 17 rings (SSSR count). The maximum Gasteiger partial charge on any atom is 0.254 e. The fourth-order valence-corrected chi connectivity index (χ4v) is 14.5. The molecule has 4 amide bonds. The predicted octanol–water partition coefficient (Wildman–Crippen LogP) is 18.5. The Kier molecular flexibility index (Phi) is 26.2. The average Bonchev–Trinajstić information content (AvgIpc) is 1.76. The largest absolute Gasteiger partial charge is 0.494 e. The van der Waals surface area contributed by atoms with Crippen LogP contribution in [0.3, 0.4) is 0 Å². The zero-order valence-corrected chi connectivity index (χ0v) is 69.6. The first kappa shape index (κ1) is 85.0. The molecule has 2 aliphatic carbocycles. The smallest absolute Gasteiger partial charge is 0.254 e. The molecule has 23 nitrogen and oxygen atoms in total. The van der Waals surface area contributed by atoms with E-state index in [9.17, 15) is 42.7 Å². The van der Waals surface area contributed by atoms with Gasteiger partial charge in [0.15, 0.2) is 0 Å². The van der Waals surface area contributed by atoms with Crippen molar-refractivity contribution < 1.29 is 56.4 Å². The summed E-state index contributed by atoms with van der Waals surface area (Å²) in [5.74, 6) is 0.982. The molecule has 10 aromatic carbocycles. The van der Waals surface area contributed by atoms with Crippen LogP contribution in [0.4, 0.5) is 13.2 Å². The Morgan fingerprint density at radius 1 is 0.447 bits per heavy atom. The quantitative estimate of drug-likeness (QED) is 0.0355. The number of amides is 4. The Balaban J connectivity index is 0.000000134. The summed E-state index contributed by atoms with van der Waals surface area (Å²) in [5.41, 5.74) is 15.3. The number of fused-ring (bicyclic) bond motifs is 4. The van der Waals surface area contributed by atoms with Crippen LogP contribution < -0.4 is 18.9 Å². The number of aromatic amines is 4. The topological polar surface area (TPSA) is 290 Å². The molecule has 2 saturated carbocycles. The van der Waals surface area contributed by atoms with E-state index in [-0.39, 0.29) is 53.3 Å². The number of hydrogen-bond acceptors (Lipinski definition) is 15. The van der Waals surface area contributed by atoms with Crippen molar-refractivity contribution in [3.8, 4) is 62.4 Å². The maximum absolute atomic E-state index is 14.0. The number of nitrogens with zero attached hydrogens (tertiary/aromatic N) is 10. The maximum atomic E-state index is 14.0. The van der Waals surface area contributed by atoms with E-state index in [1.165, 1.54) is 36.7 Å². The van der Waals surface area contributed by atoms with Gasteiger partial charge in [-0.15, -0.1) is 0 Å². The minimum absolute atomic E-state index is 0.0905. The second kappa shape index (κ2) is 37.9. The minimum Gasteiger partial charge on any atom is -0.494 e. The van der Waals surface area contributed by atoms with Crippen molar-refractivity contribution >= 4 is 67.2 Å². The summed E-state index contributed by atoms with van der Waals surface area (Å²) in [7, 11) is 6.97. The van der Waals surface area contributed by atoms with Crippen molar-refractivity contribution in [1.82, 2.24) is 65.4 Å². The van der Waals surface area contributed by atoms with Gasteiger partial charge >= 0.3 is 0 Å². The number of H-pyrrole nitrogens is 4. The summed E-state index contributed by atoms with van der Waals surface area (Å²) in [4.78, 5) is 63.4. The molecule has 0 atom stereocenters. The fourth-order valence-electron chi connectivity index (χ4n) is 14.5. The highest BCUT2D eigenvalue weighted by Gasteiger charge is 2.29. The van der Waals surface area contributed by atoms with E-state index in [0.29, 0.717) is 118 Å². The van der Waals surface area contributed by atoms with E-state index in [1.54, 1.807) is 147 Å². The van der Waals surface area contributed by atoms with Crippen LogP contribution in [-0.4, -0.2) is 153 Å². The van der Waals surface area contributed by atoms with Crippen LogP contribution in [-0.2, 0) is 32.6 Å². The molecule has 2 fully saturated rings. The minimum atomic E-state index is -0.850. The Morgan fingerprint density at radius 3 is 1.37 bits per heavy atom. The zero-order valence-electron chi connectivity index (χ0n) is 69.6. The fraction of sp³-hybridized carbons (Fsp3) is 0.237. The summed E-state index contributed by atoms with van der Waals surface area (Å²) >= 11 is 0. The number of nitriles is 1. The van der Waals surface area contributed by atoms with E-state index in [0.717, 1.165) is 115 Å². The molecule has 0 spiro atoms. The summed E-state index contributed by atoms with van der Waals surface area (Å²) in [6.07, 6.45) is 13.1. The van der Waals surface area contributed by atoms with Gasteiger partial charge in [-0.1, -0.05) is 91.0 Å².